The second-order valence-corrected chi connectivity index (χ2v) is 5.22. The topological polar surface area (TPSA) is 48.6 Å². The average molecular weight is 274 g/mol. The number of nitrogens with one attached hydrogen (secondary N) is 2. The standard InChI is InChI=1S/C18H14N2O/c21-11-15-14-6-2-4-8-17(14)20-18(15)9-12-10-19-16-7-3-1-5-13(12)16/h1-8,10-11,19-20H,9H2. The first-order valence-electron chi connectivity index (χ1n) is 6.96. The van der Waals surface area contributed by atoms with Gasteiger partial charge in [0.2, 0.25) is 0 Å². The molecule has 0 saturated heterocycles. The number of aromatic nitrogens is 2. The zero-order valence-electron chi connectivity index (χ0n) is 11.4. The van der Waals surface area contributed by atoms with Crippen molar-refractivity contribution in [3.63, 3.8) is 0 Å². The van der Waals surface area contributed by atoms with E-state index in [2.05, 4.69) is 22.1 Å². The van der Waals surface area contributed by atoms with Crippen molar-refractivity contribution < 1.29 is 4.79 Å². The molecular formula is C18H14N2O. The highest BCUT2D eigenvalue weighted by molar-refractivity contribution is 5.99. The highest BCUT2D eigenvalue weighted by Gasteiger charge is 2.12. The maximum Gasteiger partial charge on any atom is 0.152 e. The van der Waals surface area contributed by atoms with Crippen LogP contribution in [-0.2, 0) is 6.42 Å². The van der Waals surface area contributed by atoms with Gasteiger partial charge in [-0.2, -0.15) is 0 Å². The number of para-hydroxylation sites is 2. The molecule has 0 amide bonds. The molecule has 0 atom stereocenters. The quantitative estimate of drug-likeness (QED) is 0.544. The number of rotatable bonds is 3. The van der Waals surface area contributed by atoms with E-state index in [1.165, 1.54) is 10.9 Å². The Bertz CT molecular complexity index is 946. The smallest absolute Gasteiger partial charge is 0.152 e. The van der Waals surface area contributed by atoms with Crippen LogP contribution in [0.3, 0.4) is 0 Å². The van der Waals surface area contributed by atoms with Gasteiger partial charge in [0, 0.05) is 45.7 Å². The molecule has 2 aromatic carbocycles. The molecule has 0 bridgehead atoms. The lowest BCUT2D eigenvalue weighted by Crippen LogP contribution is -1.92. The summed E-state index contributed by atoms with van der Waals surface area (Å²) in [4.78, 5) is 18.1. The molecule has 0 unspecified atom stereocenters. The molecule has 0 aliphatic heterocycles. The first-order chi connectivity index (χ1) is 10.4. The van der Waals surface area contributed by atoms with Crippen LogP contribution < -0.4 is 0 Å². The van der Waals surface area contributed by atoms with Gasteiger partial charge >= 0.3 is 0 Å². The van der Waals surface area contributed by atoms with Crippen molar-refractivity contribution in [2.45, 2.75) is 6.42 Å². The molecule has 0 aliphatic rings. The number of carbonyl (C=O) groups excluding carboxylic acids is 1. The second-order valence-electron chi connectivity index (χ2n) is 5.22. The zero-order valence-corrected chi connectivity index (χ0v) is 11.4. The van der Waals surface area contributed by atoms with Crippen LogP contribution in [0.1, 0.15) is 21.6 Å². The largest absolute Gasteiger partial charge is 0.361 e. The number of aromatic amines is 2. The first-order valence-corrected chi connectivity index (χ1v) is 6.96. The molecule has 0 aliphatic carbocycles. The van der Waals surface area contributed by atoms with E-state index in [1.807, 2.05) is 42.6 Å². The molecule has 21 heavy (non-hydrogen) atoms. The molecule has 0 fully saturated rings. The maximum atomic E-state index is 11.5. The number of hydrogen-bond acceptors (Lipinski definition) is 1. The first kappa shape index (κ1) is 12.0. The van der Waals surface area contributed by atoms with Crippen LogP contribution in [0.5, 0.6) is 0 Å². The van der Waals surface area contributed by atoms with E-state index in [4.69, 9.17) is 0 Å². The van der Waals surface area contributed by atoms with Crippen molar-refractivity contribution in [1.29, 1.82) is 0 Å². The third-order valence-corrected chi connectivity index (χ3v) is 3.99. The van der Waals surface area contributed by atoms with Crippen LogP contribution in [0, 0.1) is 0 Å². The van der Waals surface area contributed by atoms with Gasteiger partial charge in [-0.3, -0.25) is 4.79 Å². The number of benzene rings is 2. The van der Waals surface area contributed by atoms with Gasteiger partial charge in [0.15, 0.2) is 6.29 Å². The number of aldehydes is 1. The fourth-order valence-electron chi connectivity index (χ4n) is 2.96. The van der Waals surface area contributed by atoms with E-state index in [1.54, 1.807) is 0 Å². The summed E-state index contributed by atoms with van der Waals surface area (Å²) in [6, 6.07) is 16.1. The maximum absolute atomic E-state index is 11.5. The Morgan fingerprint density at radius 3 is 2.43 bits per heavy atom. The van der Waals surface area contributed by atoms with Crippen molar-refractivity contribution in [2.75, 3.05) is 0 Å². The predicted octanol–water partition coefficient (Wildman–Crippen LogP) is 4.05. The summed E-state index contributed by atoms with van der Waals surface area (Å²) >= 11 is 0. The summed E-state index contributed by atoms with van der Waals surface area (Å²) in [6.07, 6.45) is 3.68. The van der Waals surface area contributed by atoms with Crippen molar-refractivity contribution in [2.24, 2.45) is 0 Å². The Labute approximate surface area is 121 Å². The van der Waals surface area contributed by atoms with Crippen molar-refractivity contribution >= 4 is 28.1 Å². The summed E-state index contributed by atoms with van der Waals surface area (Å²) < 4.78 is 0. The Balaban J connectivity index is 1.85. The lowest BCUT2D eigenvalue weighted by molar-refractivity contribution is 0.112. The third kappa shape index (κ3) is 1.86. The fourth-order valence-corrected chi connectivity index (χ4v) is 2.96. The van der Waals surface area contributed by atoms with Crippen LogP contribution in [0.25, 0.3) is 21.8 Å². The van der Waals surface area contributed by atoms with Gasteiger partial charge < -0.3 is 9.97 Å². The lowest BCUT2D eigenvalue weighted by Gasteiger charge is -1.99. The van der Waals surface area contributed by atoms with Crippen molar-refractivity contribution in [3.8, 4) is 0 Å². The molecule has 4 rings (SSSR count). The fraction of sp³-hybridized carbons (Fsp3) is 0.0556. The molecule has 4 aromatic rings. The van der Waals surface area contributed by atoms with Gasteiger partial charge in [0.05, 0.1) is 0 Å². The molecule has 102 valence electrons. The molecule has 0 radical (unpaired) electrons. The van der Waals surface area contributed by atoms with Gasteiger partial charge in [0.1, 0.15) is 0 Å². The number of carbonyl (C=O) groups is 1. The summed E-state index contributed by atoms with van der Waals surface area (Å²) in [5.41, 5.74) is 5.05. The second kappa shape index (κ2) is 4.63. The van der Waals surface area contributed by atoms with E-state index in [0.29, 0.717) is 6.42 Å². The van der Waals surface area contributed by atoms with Gasteiger partial charge in [-0.25, -0.2) is 0 Å². The third-order valence-electron chi connectivity index (χ3n) is 3.99. The van der Waals surface area contributed by atoms with E-state index in [9.17, 15) is 4.79 Å². The minimum absolute atomic E-state index is 0.715. The van der Waals surface area contributed by atoms with Crippen LogP contribution in [0.4, 0.5) is 0 Å². The summed E-state index contributed by atoms with van der Waals surface area (Å²) in [7, 11) is 0. The molecule has 2 heterocycles. The Morgan fingerprint density at radius 2 is 1.62 bits per heavy atom. The molecule has 0 saturated carbocycles. The van der Waals surface area contributed by atoms with Crippen LogP contribution >= 0.6 is 0 Å². The van der Waals surface area contributed by atoms with Gasteiger partial charge in [0.25, 0.3) is 0 Å². The van der Waals surface area contributed by atoms with Crippen LogP contribution in [0.2, 0.25) is 0 Å². The van der Waals surface area contributed by atoms with E-state index >= 15 is 0 Å². The molecule has 2 aromatic heterocycles. The van der Waals surface area contributed by atoms with Gasteiger partial charge in [-0.15, -0.1) is 0 Å². The predicted molar refractivity (Wildman–Crippen MR) is 84.8 cm³/mol. The van der Waals surface area contributed by atoms with Crippen molar-refractivity contribution in [1.82, 2.24) is 9.97 Å². The minimum atomic E-state index is 0.715. The SMILES string of the molecule is O=Cc1c(Cc2c[nH]c3ccccc23)[nH]c2ccccc12. The summed E-state index contributed by atoms with van der Waals surface area (Å²) in [5, 5.41) is 2.19. The van der Waals surface area contributed by atoms with E-state index < -0.39 is 0 Å². The zero-order chi connectivity index (χ0) is 14.2. The molecule has 2 N–H and O–H groups in total. The highest BCUT2D eigenvalue weighted by Crippen LogP contribution is 2.25. The van der Waals surface area contributed by atoms with Gasteiger partial charge in [-0.05, 0) is 17.7 Å². The highest BCUT2D eigenvalue weighted by atomic mass is 16.1. The van der Waals surface area contributed by atoms with E-state index in [-0.39, 0.29) is 0 Å². The molecule has 3 heteroatoms. The molecular weight excluding hydrogens is 260 g/mol. The van der Waals surface area contributed by atoms with Crippen LogP contribution in [0.15, 0.2) is 54.7 Å². The van der Waals surface area contributed by atoms with Crippen LogP contribution in [-0.4, -0.2) is 16.3 Å². The normalized spacial score (nSPS) is 11.2. The summed E-state index contributed by atoms with van der Waals surface area (Å²) in [6.45, 7) is 0. The molecule has 0 spiro atoms. The average Bonchev–Trinajstić information content (AvgIpc) is 3.09. The number of fused-ring (bicyclic) bond motifs is 2. The Morgan fingerprint density at radius 1 is 0.905 bits per heavy atom. The summed E-state index contributed by atoms with van der Waals surface area (Å²) in [5.74, 6) is 0. The Hall–Kier alpha value is -2.81. The molecule has 3 nitrogen and oxygen atoms in total. The number of H-pyrrole nitrogens is 2. The van der Waals surface area contributed by atoms with Crippen molar-refractivity contribution in [3.05, 3.63) is 71.5 Å². The van der Waals surface area contributed by atoms with Gasteiger partial charge in [-0.1, -0.05) is 36.4 Å². The monoisotopic (exact) mass is 274 g/mol. The lowest BCUT2D eigenvalue weighted by atomic mass is 10.0. The minimum Gasteiger partial charge on any atom is -0.361 e. The van der Waals surface area contributed by atoms with E-state index in [0.717, 1.165) is 34.0 Å². The number of hydrogen-bond donors (Lipinski definition) is 2. The Kier molecular flexibility index (Phi) is 2.64.